The van der Waals surface area contributed by atoms with E-state index in [0.29, 0.717) is 16.6 Å². The smallest absolute Gasteiger partial charge is 0.123 e. The topological polar surface area (TPSA) is 47.3 Å². The van der Waals surface area contributed by atoms with Crippen molar-refractivity contribution in [3.05, 3.63) is 58.6 Å². The average molecular weight is 307 g/mol. The molecule has 0 spiro atoms. The number of ether oxygens (including phenoxy) is 1. The highest BCUT2D eigenvalue weighted by Crippen LogP contribution is 2.25. The summed E-state index contributed by atoms with van der Waals surface area (Å²) in [6, 6.07) is 13.3. The van der Waals surface area contributed by atoms with Gasteiger partial charge in [0.2, 0.25) is 0 Å². The molecule has 0 aromatic heterocycles. The molecule has 0 saturated heterocycles. The minimum atomic E-state index is 0.336. The molecule has 0 aliphatic carbocycles. The zero-order valence-corrected chi connectivity index (χ0v) is 12.6. The quantitative estimate of drug-likeness (QED) is 0.829. The standard InChI is InChI=1S/C15H15ClN2OS/c1-19-14-5-3-2-4-11(14)9-18-13-7-6-10(15(17)20)8-12(13)16/h2-8,18H,9H2,1H3,(H2,17,20). The van der Waals surface area contributed by atoms with E-state index >= 15 is 0 Å². The fourth-order valence-electron chi connectivity index (χ4n) is 1.85. The molecule has 2 aromatic carbocycles. The molecule has 3 nitrogen and oxygen atoms in total. The van der Waals surface area contributed by atoms with E-state index in [1.165, 1.54) is 0 Å². The number of methoxy groups -OCH3 is 1. The molecule has 0 heterocycles. The first-order chi connectivity index (χ1) is 9.61. The normalized spacial score (nSPS) is 10.1. The van der Waals surface area contributed by atoms with Crippen molar-refractivity contribution in [1.82, 2.24) is 0 Å². The second-order valence-corrected chi connectivity index (χ2v) is 5.07. The molecule has 3 N–H and O–H groups in total. The van der Waals surface area contributed by atoms with Gasteiger partial charge in [-0.2, -0.15) is 0 Å². The minimum Gasteiger partial charge on any atom is -0.496 e. The zero-order chi connectivity index (χ0) is 14.5. The Bertz CT molecular complexity index is 631. The number of nitrogens with one attached hydrogen (secondary N) is 1. The van der Waals surface area contributed by atoms with Gasteiger partial charge in [0, 0.05) is 17.7 Å². The predicted octanol–water partition coefficient (Wildman–Crippen LogP) is 3.59. The van der Waals surface area contributed by atoms with Crippen LogP contribution in [0.3, 0.4) is 0 Å². The van der Waals surface area contributed by atoms with Crippen LogP contribution >= 0.6 is 23.8 Å². The van der Waals surface area contributed by atoms with Gasteiger partial charge in [0.25, 0.3) is 0 Å². The molecule has 0 atom stereocenters. The maximum Gasteiger partial charge on any atom is 0.123 e. The Kier molecular flexibility index (Phi) is 4.82. The van der Waals surface area contributed by atoms with Crippen LogP contribution in [0.25, 0.3) is 0 Å². The van der Waals surface area contributed by atoms with Gasteiger partial charge >= 0.3 is 0 Å². The van der Waals surface area contributed by atoms with E-state index in [0.717, 1.165) is 22.6 Å². The number of nitrogens with two attached hydrogens (primary N) is 1. The van der Waals surface area contributed by atoms with Crippen molar-refractivity contribution in [2.45, 2.75) is 6.54 Å². The molecule has 0 amide bonds. The molecule has 2 aromatic rings. The van der Waals surface area contributed by atoms with Gasteiger partial charge in [-0.15, -0.1) is 0 Å². The summed E-state index contributed by atoms with van der Waals surface area (Å²) >= 11 is 11.1. The Morgan fingerprint density at radius 2 is 2.05 bits per heavy atom. The Balaban J connectivity index is 2.13. The molecule has 0 unspecified atom stereocenters. The van der Waals surface area contributed by atoms with Crippen molar-refractivity contribution in [2.75, 3.05) is 12.4 Å². The van der Waals surface area contributed by atoms with Crippen LogP contribution in [0.1, 0.15) is 11.1 Å². The van der Waals surface area contributed by atoms with Crippen molar-refractivity contribution in [3.8, 4) is 5.75 Å². The van der Waals surface area contributed by atoms with Gasteiger partial charge in [-0.3, -0.25) is 0 Å². The van der Waals surface area contributed by atoms with Crippen molar-refractivity contribution in [3.63, 3.8) is 0 Å². The molecule has 0 radical (unpaired) electrons. The SMILES string of the molecule is COc1ccccc1CNc1ccc(C(N)=S)cc1Cl. The molecule has 20 heavy (non-hydrogen) atoms. The van der Waals surface area contributed by atoms with Crippen LogP contribution in [-0.2, 0) is 6.54 Å². The fraction of sp³-hybridized carbons (Fsp3) is 0.133. The second-order valence-electron chi connectivity index (χ2n) is 4.22. The van der Waals surface area contributed by atoms with Crippen LogP contribution in [0, 0.1) is 0 Å². The van der Waals surface area contributed by atoms with Gasteiger partial charge in [0.1, 0.15) is 10.7 Å². The van der Waals surface area contributed by atoms with Gasteiger partial charge in [0.15, 0.2) is 0 Å². The molecule has 104 valence electrons. The maximum atomic E-state index is 6.20. The highest BCUT2D eigenvalue weighted by molar-refractivity contribution is 7.80. The number of rotatable bonds is 5. The van der Waals surface area contributed by atoms with E-state index in [1.807, 2.05) is 36.4 Å². The lowest BCUT2D eigenvalue weighted by Crippen LogP contribution is -2.09. The van der Waals surface area contributed by atoms with Crippen LogP contribution in [0.4, 0.5) is 5.69 Å². The summed E-state index contributed by atoms with van der Waals surface area (Å²) in [6.45, 7) is 0.621. The molecule has 2 rings (SSSR count). The summed E-state index contributed by atoms with van der Waals surface area (Å²) in [5, 5.41) is 3.86. The van der Waals surface area contributed by atoms with E-state index in [-0.39, 0.29) is 0 Å². The molecule has 0 aliphatic heterocycles. The number of para-hydroxylation sites is 1. The number of halogens is 1. The number of benzene rings is 2. The van der Waals surface area contributed by atoms with Gasteiger partial charge in [-0.1, -0.05) is 42.0 Å². The molecule has 5 heteroatoms. The van der Waals surface area contributed by atoms with E-state index in [1.54, 1.807) is 13.2 Å². The third-order valence-electron chi connectivity index (χ3n) is 2.92. The molecule has 0 saturated carbocycles. The first-order valence-corrected chi connectivity index (χ1v) is 6.85. The third-order valence-corrected chi connectivity index (χ3v) is 3.46. The largest absolute Gasteiger partial charge is 0.496 e. The van der Waals surface area contributed by atoms with Crippen molar-refractivity contribution >= 4 is 34.5 Å². The Hall–Kier alpha value is -1.78. The first-order valence-electron chi connectivity index (χ1n) is 6.07. The van der Waals surface area contributed by atoms with Crippen LogP contribution < -0.4 is 15.8 Å². The molecule has 0 fully saturated rings. The lowest BCUT2D eigenvalue weighted by Gasteiger charge is -2.12. The van der Waals surface area contributed by atoms with Crippen LogP contribution in [-0.4, -0.2) is 12.1 Å². The minimum absolute atomic E-state index is 0.336. The first kappa shape index (κ1) is 14.6. The zero-order valence-electron chi connectivity index (χ0n) is 11.0. The summed E-state index contributed by atoms with van der Waals surface area (Å²) < 4.78 is 5.31. The molecule has 0 aliphatic rings. The highest BCUT2D eigenvalue weighted by atomic mass is 35.5. The van der Waals surface area contributed by atoms with Crippen molar-refractivity contribution < 1.29 is 4.74 Å². The third kappa shape index (κ3) is 3.40. The summed E-state index contributed by atoms with van der Waals surface area (Å²) in [6.07, 6.45) is 0. The van der Waals surface area contributed by atoms with Crippen LogP contribution in [0.5, 0.6) is 5.75 Å². The Morgan fingerprint density at radius 1 is 1.30 bits per heavy atom. The van der Waals surface area contributed by atoms with Gasteiger partial charge in [-0.05, 0) is 24.3 Å². The van der Waals surface area contributed by atoms with Crippen LogP contribution in [0.2, 0.25) is 5.02 Å². The van der Waals surface area contributed by atoms with E-state index in [4.69, 9.17) is 34.3 Å². The predicted molar refractivity (Wildman–Crippen MR) is 87.7 cm³/mol. The van der Waals surface area contributed by atoms with Crippen molar-refractivity contribution in [1.29, 1.82) is 0 Å². The van der Waals surface area contributed by atoms with E-state index in [2.05, 4.69) is 5.32 Å². The molecular weight excluding hydrogens is 292 g/mol. The number of anilines is 1. The maximum absolute atomic E-state index is 6.20. The fourth-order valence-corrected chi connectivity index (χ4v) is 2.23. The highest BCUT2D eigenvalue weighted by Gasteiger charge is 2.05. The summed E-state index contributed by atoms with van der Waals surface area (Å²) in [5.74, 6) is 0.843. The van der Waals surface area contributed by atoms with Crippen molar-refractivity contribution in [2.24, 2.45) is 5.73 Å². The Labute approximate surface area is 128 Å². The lowest BCUT2D eigenvalue weighted by molar-refractivity contribution is 0.410. The Morgan fingerprint density at radius 3 is 2.70 bits per heavy atom. The number of thiocarbonyl (C=S) groups is 1. The number of hydrogen-bond donors (Lipinski definition) is 2. The average Bonchev–Trinajstić information content (AvgIpc) is 2.46. The van der Waals surface area contributed by atoms with E-state index in [9.17, 15) is 0 Å². The molecular formula is C15H15ClN2OS. The van der Waals surface area contributed by atoms with Gasteiger partial charge < -0.3 is 15.8 Å². The number of hydrogen-bond acceptors (Lipinski definition) is 3. The molecule has 0 bridgehead atoms. The lowest BCUT2D eigenvalue weighted by atomic mass is 10.1. The van der Waals surface area contributed by atoms with Gasteiger partial charge in [0.05, 0.1) is 17.8 Å². The summed E-state index contributed by atoms with van der Waals surface area (Å²) in [4.78, 5) is 0.336. The van der Waals surface area contributed by atoms with Gasteiger partial charge in [-0.25, -0.2) is 0 Å². The monoisotopic (exact) mass is 306 g/mol. The summed E-state index contributed by atoms with van der Waals surface area (Å²) in [7, 11) is 1.66. The second kappa shape index (κ2) is 6.59. The summed E-state index contributed by atoms with van der Waals surface area (Å²) in [5.41, 5.74) is 8.22. The van der Waals surface area contributed by atoms with Crippen LogP contribution in [0.15, 0.2) is 42.5 Å². The van der Waals surface area contributed by atoms with E-state index < -0.39 is 0 Å².